The van der Waals surface area contributed by atoms with Crippen LogP contribution in [0.4, 0.5) is 0 Å². The number of pyridine rings is 3. The maximum absolute atomic E-state index is 5.39. The fraction of sp³-hybridized carbons (Fsp3) is 0.200. The second-order valence-electron chi connectivity index (χ2n) is 7.86. The van der Waals surface area contributed by atoms with Crippen LogP contribution in [0.1, 0.15) is 35.8 Å². The highest BCUT2D eigenvalue weighted by atomic mass is 16.5. The van der Waals surface area contributed by atoms with Crippen molar-refractivity contribution in [2.24, 2.45) is 0 Å². The van der Waals surface area contributed by atoms with Crippen molar-refractivity contribution in [2.75, 3.05) is 0 Å². The van der Waals surface area contributed by atoms with Crippen molar-refractivity contribution in [2.45, 2.75) is 33.7 Å². The molecular weight excluding hydrogens is 386 g/mol. The molecule has 0 unspecified atom stereocenters. The van der Waals surface area contributed by atoms with E-state index in [1.807, 2.05) is 57.6 Å². The molecule has 0 aromatic carbocycles. The van der Waals surface area contributed by atoms with Gasteiger partial charge in [-0.2, -0.15) is 0 Å². The first-order valence-electron chi connectivity index (χ1n) is 10.3. The van der Waals surface area contributed by atoms with E-state index in [1.54, 1.807) is 0 Å². The van der Waals surface area contributed by atoms with Gasteiger partial charge in [-0.15, -0.1) is 0 Å². The van der Waals surface area contributed by atoms with Crippen molar-refractivity contribution in [1.82, 2.24) is 24.7 Å². The molecule has 0 aliphatic rings. The Morgan fingerprint density at radius 1 is 0.935 bits per heavy atom. The third-order valence-corrected chi connectivity index (χ3v) is 5.75. The quantitative estimate of drug-likeness (QED) is 0.382. The monoisotopic (exact) mass is 409 g/mol. The summed E-state index contributed by atoms with van der Waals surface area (Å²) >= 11 is 0. The van der Waals surface area contributed by atoms with Crippen LogP contribution in [0, 0.1) is 20.8 Å². The molecule has 5 rings (SSSR count). The second-order valence-corrected chi connectivity index (χ2v) is 7.86. The lowest BCUT2D eigenvalue weighted by Gasteiger charge is -2.15. The van der Waals surface area contributed by atoms with Gasteiger partial charge in [0.25, 0.3) is 0 Å². The normalized spacial score (nSPS) is 12.4. The van der Waals surface area contributed by atoms with Crippen LogP contribution in [0.5, 0.6) is 0 Å². The smallest absolute Gasteiger partial charge is 0.141 e. The molecule has 31 heavy (non-hydrogen) atoms. The van der Waals surface area contributed by atoms with E-state index in [9.17, 15) is 0 Å². The van der Waals surface area contributed by atoms with E-state index in [2.05, 4.69) is 51.0 Å². The third kappa shape index (κ3) is 3.30. The number of fused-ring (bicyclic) bond motifs is 1. The highest BCUT2D eigenvalue weighted by Gasteiger charge is 2.20. The van der Waals surface area contributed by atoms with Gasteiger partial charge in [0.1, 0.15) is 5.76 Å². The molecule has 6 nitrogen and oxygen atoms in total. The van der Waals surface area contributed by atoms with Gasteiger partial charge in [0.2, 0.25) is 0 Å². The minimum atomic E-state index is 0.0394. The zero-order chi connectivity index (χ0) is 21.5. The van der Waals surface area contributed by atoms with Crippen LogP contribution in [-0.4, -0.2) is 24.7 Å². The Morgan fingerprint density at radius 2 is 1.77 bits per heavy atom. The molecule has 0 spiro atoms. The minimum Gasteiger partial charge on any atom is -0.361 e. The minimum absolute atomic E-state index is 0.0394. The standard InChI is InChI=1S/C25H23N5O/c1-15-8-9-19(12-27-15)21-14-30(17(3)22-7-5-6-10-26-22)23-11-20(13-28-25(21)23)24-16(2)29-31-18(24)4/h5-14,17H,1-4H3/t17-/m0/s1. The molecule has 0 saturated carbocycles. The summed E-state index contributed by atoms with van der Waals surface area (Å²) in [5.74, 6) is 0.789. The van der Waals surface area contributed by atoms with Crippen LogP contribution in [0.2, 0.25) is 0 Å². The molecule has 5 heterocycles. The largest absolute Gasteiger partial charge is 0.361 e. The molecule has 0 saturated heterocycles. The zero-order valence-corrected chi connectivity index (χ0v) is 18.0. The van der Waals surface area contributed by atoms with E-state index in [1.165, 1.54) is 0 Å². The molecule has 0 fully saturated rings. The van der Waals surface area contributed by atoms with E-state index < -0.39 is 0 Å². The number of hydrogen-bond donors (Lipinski definition) is 0. The third-order valence-electron chi connectivity index (χ3n) is 5.75. The van der Waals surface area contributed by atoms with Crippen molar-refractivity contribution in [1.29, 1.82) is 0 Å². The molecule has 6 heteroatoms. The van der Waals surface area contributed by atoms with Crippen LogP contribution in [-0.2, 0) is 0 Å². The van der Waals surface area contributed by atoms with E-state index in [0.29, 0.717) is 0 Å². The van der Waals surface area contributed by atoms with Gasteiger partial charge in [0.15, 0.2) is 0 Å². The van der Waals surface area contributed by atoms with Gasteiger partial charge in [-0.25, -0.2) is 0 Å². The number of hydrogen-bond acceptors (Lipinski definition) is 5. The van der Waals surface area contributed by atoms with Crippen molar-refractivity contribution in [3.8, 4) is 22.3 Å². The highest BCUT2D eigenvalue weighted by Crippen LogP contribution is 2.36. The summed E-state index contributed by atoms with van der Waals surface area (Å²) in [4.78, 5) is 13.9. The van der Waals surface area contributed by atoms with Gasteiger partial charge in [0, 0.05) is 52.7 Å². The Labute approximate surface area is 180 Å². The Bertz CT molecular complexity index is 1350. The lowest BCUT2D eigenvalue weighted by Crippen LogP contribution is -2.07. The molecule has 0 bridgehead atoms. The van der Waals surface area contributed by atoms with Crippen LogP contribution < -0.4 is 0 Å². The van der Waals surface area contributed by atoms with Crippen LogP contribution >= 0.6 is 0 Å². The second kappa shape index (κ2) is 7.47. The summed E-state index contributed by atoms with van der Waals surface area (Å²) in [6.45, 7) is 8.03. The van der Waals surface area contributed by atoms with Crippen LogP contribution in [0.25, 0.3) is 33.3 Å². The molecule has 0 radical (unpaired) electrons. The van der Waals surface area contributed by atoms with Crippen LogP contribution in [0.15, 0.2) is 65.7 Å². The van der Waals surface area contributed by atoms with Crippen molar-refractivity contribution >= 4 is 11.0 Å². The average Bonchev–Trinajstić information content (AvgIpc) is 3.33. The van der Waals surface area contributed by atoms with Crippen LogP contribution in [0.3, 0.4) is 0 Å². The van der Waals surface area contributed by atoms with Gasteiger partial charge in [-0.1, -0.05) is 17.3 Å². The molecule has 0 aliphatic heterocycles. The molecule has 0 N–H and O–H groups in total. The summed E-state index contributed by atoms with van der Waals surface area (Å²) < 4.78 is 7.63. The van der Waals surface area contributed by atoms with Crippen molar-refractivity contribution in [3.63, 3.8) is 0 Å². The predicted molar refractivity (Wildman–Crippen MR) is 121 cm³/mol. The Hall–Kier alpha value is -3.80. The number of aryl methyl sites for hydroxylation is 3. The van der Waals surface area contributed by atoms with Gasteiger partial charge >= 0.3 is 0 Å². The number of rotatable bonds is 4. The fourth-order valence-electron chi connectivity index (χ4n) is 4.08. The van der Waals surface area contributed by atoms with E-state index in [4.69, 9.17) is 9.51 Å². The highest BCUT2D eigenvalue weighted by molar-refractivity contribution is 5.95. The van der Waals surface area contributed by atoms with Gasteiger partial charge < -0.3 is 9.09 Å². The number of aromatic nitrogens is 5. The summed E-state index contributed by atoms with van der Waals surface area (Å²) in [7, 11) is 0. The lowest BCUT2D eigenvalue weighted by molar-refractivity contribution is 0.393. The van der Waals surface area contributed by atoms with Gasteiger partial charge in [0.05, 0.1) is 28.5 Å². The molecule has 0 amide bonds. The van der Waals surface area contributed by atoms with E-state index in [0.717, 1.165) is 56.1 Å². The Balaban J connectivity index is 1.75. The predicted octanol–water partition coefficient (Wildman–Crippen LogP) is 5.68. The average molecular weight is 409 g/mol. The maximum atomic E-state index is 5.39. The Morgan fingerprint density at radius 3 is 2.45 bits per heavy atom. The summed E-state index contributed by atoms with van der Waals surface area (Å²) in [6, 6.07) is 12.3. The summed E-state index contributed by atoms with van der Waals surface area (Å²) in [5, 5.41) is 4.11. The molecule has 0 aliphatic carbocycles. The van der Waals surface area contributed by atoms with E-state index in [-0.39, 0.29) is 6.04 Å². The molecule has 5 aromatic rings. The fourth-order valence-corrected chi connectivity index (χ4v) is 4.08. The molecular formula is C25H23N5O. The van der Waals surface area contributed by atoms with Crippen molar-refractivity contribution < 1.29 is 4.52 Å². The number of nitrogens with zero attached hydrogens (tertiary/aromatic N) is 5. The van der Waals surface area contributed by atoms with Gasteiger partial charge in [-0.05, 0) is 52.0 Å². The summed E-state index contributed by atoms with van der Waals surface area (Å²) in [6.07, 6.45) is 7.79. The Kier molecular flexibility index (Phi) is 4.62. The molecule has 154 valence electrons. The topological polar surface area (TPSA) is 69.6 Å². The SMILES string of the molecule is Cc1ccc(-c2cn([C@@H](C)c3ccccn3)c3cc(-c4c(C)noc4C)cnc23)cn1. The molecule has 5 aromatic heterocycles. The molecule has 1 atom stereocenters. The van der Waals surface area contributed by atoms with Gasteiger partial charge in [-0.3, -0.25) is 15.0 Å². The zero-order valence-electron chi connectivity index (χ0n) is 18.0. The lowest BCUT2D eigenvalue weighted by atomic mass is 10.0. The first kappa shape index (κ1) is 19.2. The summed E-state index contributed by atoms with van der Waals surface area (Å²) in [5.41, 5.74) is 8.89. The first-order chi connectivity index (χ1) is 15.0. The van der Waals surface area contributed by atoms with Crippen molar-refractivity contribution in [3.05, 3.63) is 84.0 Å². The first-order valence-corrected chi connectivity index (χ1v) is 10.3. The maximum Gasteiger partial charge on any atom is 0.141 e. The van der Waals surface area contributed by atoms with E-state index >= 15 is 0 Å².